The average molecular weight is 599 g/mol. The number of para-hydroxylation sites is 1. The number of ether oxygens (including phenoxy) is 1. The Kier molecular flexibility index (Phi) is 7.91. The van der Waals surface area contributed by atoms with Gasteiger partial charge < -0.3 is 9.64 Å². The van der Waals surface area contributed by atoms with Crippen molar-refractivity contribution < 1.29 is 22.7 Å². The lowest BCUT2D eigenvalue weighted by Crippen LogP contribution is -2.49. The van der Waals surface area contributed by atoms with Crippen LogP contribution in [-0.4, -0.2) is 52.3 Å². The fourth-order valence-corrected chi connectivity index (χ4v) is 6.00. The molecule has 2 heterocycles. The molecule has 1 aliphatic rings. The summed E-state index contributed by atoms with van der Waals surface area (Å²) in [6.45, 7) is 10.9. The second-order valence-corrected chi connectivity index (χ2v) is 12.1. The largest absolute Gasteiger partial charge is 0.458 e. The molecule has 1 saturated heterocycles. The summed E-state index contributed by atoms with van der Waals surface area (Å²) in [7, 11) is -4.15. The van der Waals surface area contributed by atoms with E-state index in [1.54, 1.807) is 39.1 Å². The fraction of sp³-hybridized carbons (Fsp3) is 0.458. The zero-order valence-corrected chi connectivity index (χ0v) is 22.8. The van der Waals surface area contributed by atoms with Crippen molar-refractivity contribution in [2.24, 2.45) is 0 Å². The molecule has 0 spiro atoms. The number of carbonyl (C=O) groups excluding carboxylic acids is 2. The third kappa shape index (κ3) is 5.88. The summed E-state index contributed by atoms with van der Waals surface area (Å²) >= 11 is 2.22. The Hall–Kier alpha value is -2.21. The first-order chi connectivity index (χ1) is 15.8. The van der Waals surface area contributed by atoms with E-state index in [0.29, 0.717) is 30.2 Å². The quantitative estimate of drug-likeness (QED) is 0.224. The fourth-order valence-electron chi connectivity index (χ4n) is 4.08. The van der Waals surface area contributed by atoms with Crippen LogP contribution < -0.4 is 4.72 Å². The number of nitrogens with zero attached hydrogens (tertiary/aromatic N) is 2. The van der Waals surface area contributed by atoms with Gasteiger partial charge in [0.1, 0.15) is 22.2 Å². The van der Waals surface area contributed by atoms with Gasteiger partial charge in [0, 0.05) is 22.1 Å². The van der Waals surface area contributed by atoms with Crippen molar-refractivity contribution in [2.75, 3.05) is 4.43 Å². The highest BCUT2D eigenvalue weighted by molar-refractivity contribution is 14.1. The highest BCUT2D eigenvalue weighted by Crippen LogP contribution is 2.30. The molecule has 0 unspecified atom stereocenters. The van der Waals surface area contributed by atoms with Crippen LogP contribution in [0.4, 0.5) is 0 Å². The molecular weight excluding hydrogens is 569 g/mol. The number of benzene rings is 1. The lowest BCUT2D eigenvalue weighted by atomic mass is 10.1. The van der Waals surface area contributed by atoms with Crippen molar-refractivity contribution in [3.8, 4) is 0 Å². The maximum absolute atomic E-state index is 13.4. The van der Waals surface area contributed by atoms with E-state index < -0.39 is 33.5 Å². The number of hydrogen-bond donors (Lipinski definition) is 1. The van der Waals surface area contributed by atoms with Crippen molar-refractivity contribution >= 4 is 55.4 Å². The maximum Gasteiger partial charge on any atom is 0.329 e. The number of hydrogen-bond acceptors (Lipinski definition) is 6. The van der Waals surface area contributed by atoms with Crippen LogP contribution in [0.3, 0.4) is 0 Å². The van der Waals surface area contributed by atoms with E-state index in [-0.39, 0.29) is 16.6 Å². The van der Waals surface area contributed by atoms with Crippen LogP contribution in [0, 0.1) is 6.92 Å². The Morgan fingerprint density at radius 3 is 2.65 bits per heavy atom. The van der Waals surface area contributed by atoms with E-state index in [0.717, 1.165) is 9.99 Å². The number of nitrogens with one attached hydrogen (secondary N) is 1. The molecule has 2 atom stereocenters. The van der Waals surface area contributed by atoms with Crippen LogP contribution in [-0.2, 0) is 24.3 Å². The van der Waals surface area contributed by atoms with Crippen molar-refractivity contribution in [2.45, 2.75) is 69.5 Å². The third-order valence-electron chi connectivity index (χ3n) is 5.47. The van der Waals surface area contributed by atoms with Gasteiger partial charge in [0.15, 0.2) is 0 Å². The molecule has 3 rings (SSSR count). The van der Waals surface area contributed by atoms with Gasteiger partial charge in [0.2, 0.25) is 0 Å². The van der Waals surface area contributed by atoms with E-state index in [4.69, 9.17) is 4.74 Å². The van der Waals surface area contributed by atoms with Crippen molar-refractivity contribution in [1.82, 2.24) is 14.6 Å². The summed E-state index contributed by atoms with van der Waals surface area (Å²) < 4.78 is 35.0. The second kappa shape index (κ2) is 10.2. The molecule has 1 amide bonds. The van der Waals surface area contributed by atoms with Gasteiger partial charge in [-0.1, -0.05) is 41.3 Å². The van der Waals surface area contributed by atoms with Crippen LogP contribution in [0.25, 0.3) is 10.9 Å². The van der Waals surface area contributed by atoms with Crippen molar-refractivity contribution in [3.63, 3.8) is 0 Å². The highest BCUT2D eigenvalue weighted by atomic mass is 127. The third-order valence-corrected chi connectivity index (χ3v) is 7.52. The predicted octanol–water partition coefficient (Wildman–Crippen LogP) is 3.86. The van der Waals surface area contributed by atoms with Gasteiger partial charge in [0.25, 0.3) is 15.9 Å². The normalized spacial score (nSPS) is 18.7. The molecular formula is C24H30IN3O5S. The highest BCUT2D eigenvalue weighted by Gasteiger charge is 2.43. The number of aryl methyl sites for hydroxylation is 1. The van der Waals surface area contributed by atoms with Gasteiger partial charge in [-0.05, 0) is 64.7 Å². The SMILES string of the molecule is C=C(NS(=O)(=O)c1cccc2cc(C)cnc12)C(=O)N1[C@@H](CCI)CC[C@H]1C(=O)OC(C)(C)C. The van der Waals surface area contributed by atoms with Gasteiger partial charge in [-0.15, -0.1) is 0 Å². The molecule has 2 aromatic rings. The maximum atomic E-state index is 13.4. The average Bonchev–Trinajstić information content (AvgIpc) is 3.15. The minimum atomic E-state index is -4.15. The summed E-state index contributed by atoms with van der Waals surface area (Å²) in [4.78, 5) is 31.9. The number of sulfonamides is 1. The van der Waals surface area contributed by atoms with Crippen LogP contribution in [0.15, 0.2) is 47.6 Å². The van der Waals surface area contributed by atoms with Gasteiger partial charge in [0.05, 0.1) is 5.52 Å². The molecule has 0 aliphatic carbocycles. The number of alkyl halides is 1. The minimum Gasteiger partial charge on any atom is -0.458 e. The van der Waals surface area contributed by atoms with E-state index >= 15 is 0 Å². The Morgan fingerprint density at radius 2 is 2.00 bits per heavy atom. The molecule has 0 radical (unpaired) electrons. The lowest BCUT2D eigenvalue weighted by Gasteiger charge is -2.31. The lowest BCUT2D eigenvalue weighted by molar-refractivity contribution is -0.163. The Morgan fingerprint density at radius 1 is 1.29 bits per heavy atom. The molecule has 1 aromatic carbocycles. The monoisotopic (exact) mass is 599 g/mol. The Balaban J connectivity index is 1.87. The molecule has 1 aromatic heterocycles. The number of halogens is 1. The Bertz CT molecular complexity index is 1220. The van der Waals surface area contributed by atoms with Crippen molar-refractivity contribution in [3.05, 3.63) is 48.3 Å². The standard InChI is InChI=1S/C24H30IN3O5S/c1-15-13-17-7-6-8-20(21(17)26-14-15)34(31,32)27-16(2)22(29)28-18(11-12-25)9-10-19(28)23(30)33-24(3,4)5/h6-8,13-14,18-19,27H,2,9-12H2,1,3-5H3/t18-,19+/m1/s1. The molecule has 8 nitrogen and oxygen atoms in total. The molecule has 1 fully saturated rings. The number of aromatic nitrogens is 1. The first-order valence-electron chi connectivity index (χ1n) is 11.0. The molecule has 0 saturated carbocycles. The zero-order valence-electron chi connectivity index (χ0n) is 19.8. The first kappa shape index (κ1) is 26.4. The van der Waals surface area contributed by atoms with Crippen molar-refractivity contribution in [1.29, 1.82) is 0 Å². The molecule has 34 heavy (non-hydrogen) atoms. The summed E-state index contributed by atoms with van der Waals surface area (Å²) in [5, 5.41) is 0.673. The van der Waals surface area contributed by atoms with Gasteiger partial charge >= 0.3 is 5.97 Å². The van der Waals surface area contributed by atoms with Crippen LogP contribution in [0.5, 0.6) is 0 Å². The van der Waals surface area contributed by atoms with E-state index in [1.165, 1.54) is 11.0 Å². The van der Waals surface area contributed by atoms with Gasteiger partial charge in [-0.25, -0.2) is 13.2 Å². The zero-order chi connectivity index (χ0) is 25.3. The molecule has 1 aliphatic heterocycles. The van der Waals surface area contributed by atoms with E-state index in [2.05, 4.69) is 38.9 Å². The number of pyridine rings is 1. The smallest absolute Gasteiger partial charge is 0.329 e. The molecule has 1 N–H and O–H groups in total. The predicted molar refractivity (Wildman–Crippen MR) is 139 cm³/mol. The second-order valence-electron chi connectivity index (χ2n) is 9.40. The van der Waals surface area contributed by atoms with Gasteiger partial charge in [-0.2, -0.15) is 0 Å². The summed E-state index contributed by atoms with van der Waals surface area (Å²) in [5.74, 6) is -1.13. The van der Waals surface area contributed by atoms with E-state index in [1.807, 2.05) is 13.0 Å². The minimum absolute atomic E-state index is 0.0483. The van der Waals surface area contributed by atoms with Crippen LogP contribution in [0.1, 0.15) is 45.6 Å². The molecule has 184 valence electrons. The Labute approximate surface area is 214 Å². The summed E-state index contributed by atoms with van der Waals surface area (Å²) in [6, 6.07) is 5.68. The number of esters is 1. The number of carbonyl (C=O) groups is 2. The molecule has 10 heteroatoms. The van der Waals surface area contributed by atoms with Gasteiger partial charge in [-0.3, -0.25) is 14.5 Å². The van der Waals surface area contributed by atoms with Crippen LogP contribution >= 0.6 is 22.6 Å². The molecule has 0 bridgehead atoms. The number of fused-ring (bicyclic) bond motifs is 1. The van der Waals surface area contributed by atoms with E-state index in [9.17, 15) is 18.0 Å². The number of amides is 1. The first-order valence-corrected chi connectivity index (χ1v) is 14.0. The number of likely N-dealkylation sites (tertiary alicyclic amines) is 1. The topological polar surface area (TPSA) is 106 Å². The summed E-state index contributed by atoms with van der Waals surface area (Å²) in [6.07, 6.45) is 3.35. The summed E-state index contributed by atoms with van der Waals surface area (Å²) in [5.41, 5.74) is 0.179. The van der Waals surface area contributed by atoms with Crippen LogP contribution in [0.2, 0.25) is 0 Å². The number of rotatable bonds is 7.